The van der Waals surface area contributed by atoms with Crippen LogP contribution in [-0.4, -0.2) is 31.1 Å². The van der Waals surface area contributed by atoms with Crippen molar-refractivity contribution in [3.63, 3.8) is 0 Å². The molecular formula is C26H25F2NO4S. The van der Waals surface area contributed by atoms with Gasteiger partial charge in [-0.15, -0.1) is 0 Å². The lowest BCUT2D eigenvalue weighted by atomic mass is 10.0. The first-order valence-corrected chi connectivity index (χ1v) is 12.5. The van der Waals surface area contributed by atoms with E-state index in [-0.39, 0.29) is 23.6 Å². The molecule has 1 heterocycles. The van der Waals surface area contributed by atoms with Crippen molar-refractivity contribution < 1.29 is 26.7 Å². The number of benzene rings is 3. The Hall–Kier alpha value is -3.10. The Morgan fingerprint density at radius 1 is 0.941 bits per heavy atom. The molecule has 0 N–H and O–H groups in total. The molecule has 34 heavy (non-hydrogen) atoms. The van der Waals surface area contributed by atoms with Crippen LogP contribution in [0.1, 0.15) is 30.4 Å². The SMILES string of the molecule is O=C(CCc1cccc(OCc2ccccc2)c1)[C@@H]1CCCN1S(=O)(=O)c1ccc(F)c(F)c1. The topological polar surface area (TPSA) is 63.7 Å². The summed E-state index contributed by atoms with van der Waals surface area (Å²) in [5.74, 6) is -1.86. The van der Waals surface area contributed by atoms with E-state index in [2.05, 4.69) is 0 Å². The second-order valence-electron chi connectivity index (χ2n) is 8.24. The van der Waals surface area contributed by atoms with E-state index >= 15 is 0 Å². The lowest BCUT2D eigenvalue weighted by Crippen LogP contribution is -2.40. The van der Waals surface area contributed by atoms with Gasteiger partial charge >= 0.3 is 0 Å². The summed E-state index contributed by atoms with van der Waals surface area (Å²) in [6.45, 7) is 0.600. The molecule has 3 aromatic carbocycles. The van der Waals surface area contributed by atoms with E-state index < -0.39 is 27.7 Å². The molecule has 0 aliphatic carbocycles. The summed E-state index contributed by atoms with van der Waals surface area (Å²) in [6, 6.07) is 18.9. The Kier molecular flexibility index (Phi) is 7.38. The van der Waals surface area contributed by atoms with Gasteiger partial charge in [0.25, 0.3) is 0 Å². The Balaban J connectivity index is 1.39. The summed E-state index contributed by atoms with van der Waals surface area (Å²) >= 11 is 0. The number of Topliss-reactive ketones (excluding diaryl/α,β-unsaturated/α-hetero) is 1. The predicted molar refractivity (Wildman–Crippen MR) is 124 cm³/mol. The maximum absolute atomic E-state index is 13.6. The molecule has 8 heteroatoms. The van der Waals surface area contributed by atoms with Gasteiger partial charge in [0.05, 0.1) is 10.9 Å². The Bertz CT molecular complexity index is 1260. The lowest BCUT2D eigenvalue weighted by Gasteiger charge is -2.23. The second kappa shape index (κ2) is 10.4. The van der Waals surface area contributed by atoms with Gasteiger partial charge in [0, 0.05) is 13.0 Å². The second-order valence-corrected chi connectivity index (χ2v) is 10.1. The summed E-state index contributed by atoms with van der Waals surface area (Å²) < 4.78 is 59.8. The first kappa shape index (κ1) is 24.0. The monoisotopic (exact) mass is 485 g/mol. The molecule has 3 aromatic rings. The van der Waals surface area contributed by atoms with E-state index in [1.165, 1.54) is 0 Å². The van der Waals surface area contributed by atoms with Crippen molar-refractivity contribution in [2.24, 2.45) is 0 Å². The third-order valence-corrected chi connectivity index (χ3v) is 7.78. The maximum atomic E-state index is 13.6. The standard InChI is InChI=1S/C26H25F2NO4S/c27-23-13-12-22(17-24(23)28)34(31,32)29-15-5-10-25(29)26(30)14-11-19-8-4-9-21(16-19)33-18-20-6-2-1-3-7-20/h1-4,6-9,12-13,16-17,25H,5,10-11,14-15,18H2/t25-/m0/s1. The average Bonchev–Trinajstić information content (AvgIpc) is 3.35. The van der Waals surface area contributed by atoms with Crippen LogP contribution in [0.2, 0.25) is 0 Å². The molecule has 0 spiro atoms. The van der Waals surface area contributed by atoms with Crippen LogP contribution in [0.25, 0.3) is 0 Å². The van der Waals surface area contributed by atoms with Crippen LogP contribution >= 0.6 is 0 Å². The number of halogens is 2. The number of aryl methyl sites for hydroxylation is 1. The van der Waals surface area contributed by atoms with E-state index in [0.29, 0.717) is 37.7 Å². The minimum absolute atomic E-state index is 0.163. The number of hydrogen-bond donors (Lipinski definition) is 0. The van der Waals surface area contributed by atoms with Crippen molar-refractivity contribution in [1.29, 1.82) is 0 Å². The summed E-state index contributed by atoms with van der Waals surface area (Å²) in [5, 5.41) is 0. The first-order valence-electron chi connectivity index (χ1n) is 11.1. The lowest BCUT2D eigenvalue weighted by molar-refractivity contribution is -0.122. The van der Waals surface area contributed by atoms with Crippen LogP contribution in [0, 0.1) is 11.6 Å². The molecule has 1 atom stereocenters. The van der Waals surface area contributed by atoms with Gasteiger partial charge in [-0.1, -0.05) is 42.5 Å². The van der Waals surface area contributed by atoms with E-state index in [1.54, 1.807) is 0 Å². The average molecular weight is 486 g/mol. The highest BCUT2D eigenvalue weighted by atomic mass is 32.2. The Morgan fingerprint density at radius 3 is 2.47 bits per heavy atom. The van der Waals surface area contributed by atoms with Crippen LogP contribution in [0.3, 0.4) is 0 Å². The van der Waals surface area contributed by atoms with E-state index in [9.17, 15) is 22.0 Å². The minimum atomic E-state index is -4.11. The molecule has 1 saturated heterocycles. The molecule has 1 fully saturated rings. The number of rotatable bonds is 9. The van der Waals surface area contributed by atoms with Crippen LogP contribution < -0.4 is 4.74 Å². The number of carbonyl (C=O) groups excluding carboxylic acids is 1. The summed E-state index contributed by atoms with van der Waals surface area (Å²) in [4.78, 5) is 12.6. The zero-order chi connectivity index (χ0) is 24.1. The first-order chi connectivity index (χ1) is 16.3. The van der Waals surface area contributed by atoms with Crippen LogP contribution in [0.5, 0.6) is 5.75 Å². The number of ether oxygens (including phenoxy) is 1. The predicted octanol–water partition coefficient (Wildman–Crippen LogP) is 4.90. The highest BCUT2D eigenvalue weighted by Gasteiger charge is 2.39. The molecule has 0 aromatic heterocycles. The molecular weight excluding hydrogens is 460 g/mol. The van der Waals surface area contributed by atoms with Gasteiger partial charge in [0.15, 0.2) is 17.4 Å². The third kappa shape index (κ3) is 5.51. The summed E-state index contributed by atoms with van der Waals surface area (Å²) in [6.07, 6.45) is 1.54. The quantitative estimate of drug-likeness (QED) is 0.433. The molecule has 5 nitrogen and oxygen atoms in total. The van der Waals surface area contributed by atoms with Gasteiger partial charge < -0.3 is 4.74 Å². The smallest absolute Gasteiger partial charge is 0.243 e. The number of sulfonamides is 1. The zero-order valence-corrected chi connectivity index (χ0v) is 19.3. The van der Waals surface area contributed by atoms with Crippen molar-refractivity contribution in [3.8, 4) is 5.75 Å². The highest BCUT2D eigenvalue weighted by Crippen LogP contribution is 2.28. The van der Waals surface area contributed by atoms with Crippen LogP contribution in [0.4, 0.5) is 8.78 Å². The van der Waals surface area contributed by atoms with Crippen molar-refractivity contribution in [3.05, 3.63) is 95.6 Å². The van der Waals surface area contributed by atoms with Crippen molar-refractivity contribution in [1.82, 2.24) is 4.31 Å². The molecule has 0 bridgehead atoms. The molecule has 0 unspecified atom stereocenters. The Morgan fingerprint density at radius 2 is 1.71 bits per heavy atom. The van der Waals surface area contributed by atoms with Crippen molar-refractivity contribution >= 4 is 15.8 Å². The van der Waals surface area contributed by atoms with Gasteiger partial charge in [-0.25, -0.2) is 17.2 Å². The van der Waals surface area contributed by atoms with Gasteiger partial charge in [-0.3, -0.25) is 4.79 Å². The fourth-order valence-electron chi connectivity index (χ4n) is 4.09. The van der Waals surface area contributed by atoms with E-state index in [4.69, 9.17) is 4.74 Å². The largest absolute Gasteiger partial charge is 0.489 e. The van der Waals surface area contributed by atoms with Crippen LogP contribution in [0.15, 0.2) is 77.7 Å². The molecule has 0 saturated carbocycles. The summed E-state index contributed by atoms with van der Waals surface area (Å²) in [7, 11) is -4.11. The fraction of sp³-hybridized carbons (Fsp3) is 0.269. The van der Waals surface area contributed by atoms with E-state index in [0.717, 1.165) is 27.6 Å². The summed E-state index contributed by atoms with van der Waals surface area (Å²) in [5.41, 5.74) is 1.96. The molecule has 1 aliphatic heterocycles. The molecule has 4 rings (SSSR count). The molecule has 178 valence electrons. The van der Waals surface area contributed by atoms with Crippen molar-refractivity contribution in [2.75, 3.05) is 6.54 Å². The van der Waals surface area contributed by atoms with Gasteiger partial charge in [-0.05, 0) is 60.7 Å². The van der Waals surface area contributed by atoms with E-state index in [1.807, 2.05) is 54.6 Å². The molecule has 0 radical (unpaired) electrons. The number of nitrogens with zero attached hydrogens (tertiary/aromatic N) is 1. The van der Waals surface area contributed by atoms with Crippen molar-refractivity contribution in [2.45, 2.75) is 43.2 Å². The Labute approximate surface area is 198 Å². The normalized spacial score (nSPS) is 16.5. The number of ketones is 1. The number of hydrogen-bond acceptors (Lipinski definition) is 4. The van der Waals surface area contributed by atoms with Crippen LogP contribution in [-0.2, 0) is 27.8 Å². The van der Waals surface area contributed by atoms with Gasteiger partial charge in [-0.2, -0.15) is 4.31 Å². The maximum Gasteiger partial charge on any atom is 0.243 e. The minimum Gasteiger partial charge on any atom is -0.489 e. The molecule has 1 aliphatic rings. The molecule has 0 amide bonds. The number of carbonyl (C=O) groups is 1. The highest BCUT2D eigenvalue weighted by molar-refractivity contribution is 7.89. The fourth-order valence-corrected chi connectivity index (χ4v) is 5.78. The van der Waals surface area contributed by atoms with Gasteiger partial charge in [0.2, 0.25) is 10.0 Å². The van der Waals surface area contributed by atoms with Gasteiger partial charge in [0.1, 0.15) is 12.4 Å². The zero-order valence-electron chi connectivity index (χ0n) is 18.5. The third-order valence-electron chi connectivity index (χ3n) is 5.88.